The van der Waals surface area contributed by atoms with Crippen LogP contribution in [0, 0.1) is 0 Å². The lowest BCUT2D eigenvalue weighted by Gasteiger charge is -2.10. The Labute approximate surface area is 165 Å². The lowest BCUT2D eigenvalue weighted by Crippen LogP contribution is -2.27. The molecule has 3 aromatic rings. The van der Waals surface area contributed by atoms with E-state index in [1.165, 1.54) is 23.1 Å². The number of furan rings is 1. The molecule has 1 amide bonds. The number of para-hydroxylation sites is 2. The molecule has 2 N–H and O–H groups in total. The summed E-state index contributed by atoms with van der Waals surface area (Å²) in [6, 6.07) is 11.1. The lowest BCUT2D eigenvalue weighted by molar-refractivity contribution is -0.119. The van der Waals surface area contributed by atoms with E-state index in [4.69, 9.17) is 9.15 Å². The Morgan fingerprint density at radius 1 is 1.30 bits per heavy atom. The van der Waals surface area contributed by atoms with E-state index in [-0.39, 0.29) is 17.7 Å². The summed E-state index contributed by atoms with van der Waals surface area (Å²) in [5.74, 6) is 1.66. The number of nitrogens with one attached hydrogen (secondary N) is 2. The SMILES string of the molecule is CCOc1ccccc1Nc1nnc(SCC(=O)NC(C)c2ccco2)s1. The first-order valence-electron chi connectivity index (χ1n) is 8.43. The Bertz CT molecular complexity index is 867. The minimum Gasteiger partial charge on any atom is -0.492 e. The van der Waals surface area contributed by atoms with Gasteiger partial charge in [-0.2, -0.15) is 0 Å². The Kier molecular flexibility index (Phi) is 6.72. The minimum atomic E-state index is -0.171. The zero-order valence-corrected chi connectivity index (χ0v) is 16.6. The predicted octanol–water partition coefficient (Wildman–Crippen LogP) is 4.24. The van der Waals surface area contributed by atoms with Crippen LogP contribution < -0.4 is 15.4 Å². The van der Waals surface area contributed by atoms with Crippen LogP contribution in [-0.4, -0.2) is 28.5 Å². The van der Waals surface area contributed by atoms with Gasteiger partial charge in [0, 0.05) is 0 Å². The number of aromatic nitrogens is 2. The third-order valence-corrected chi connectivity index (χ3v) is 5.48. The molecule has 0 radical (unpaired) electrons. The third kappa shape index (κ3) is 5.48. The van der Waals surface area contributed by atoms with Crippen molar-refractivity contribution in [1.29, 1.82) is 0 Å². The molecule has 2 aromatic heterocycles. The Morgan fingerprint density at radius 2 is 2.15 bits per heavy atom. The topological polar surface area (TPSA) is 89.3 Å². The molecule has 1 unspecified atom stereocenters. The van der Waals surface area contributed by atoms with Crippen molar-refractivity contribution in [3.63, 3.8) is 0 Å². The summed E-state index contributed by atoms with van der Waals surface area (Å²) in [6.07, 6.45) is 1.59. The summed E-state index contributed by atoms with van der Waals surface area (Å²) >= 11 is 2.73. The molecule has 9 heteroatoms. The van der Waals surface area contributed by atoms with Crippen LogP contribution in [0.15, 0.2) is 51.4 Å². The second-order valence-electron chi connectivity index (χ2n) is 5.52. The van der Waals surface area contributed by atoms with Crippen molar-refractivity contribution in [3.05, 3.63) is 48.4 Å². The summed E-state index contributed by atoms with van der Waals surface area (Å²) in [4.78, 5) is 12.1. The standard InChI is InChI=1S/C18H20N4O3S2/c1-3-24-15-8-5-4-7-13(15)20-17-21-22-18(27-17)26-11-16(23)19-12(2)14-9-6-10-25-14/h4-10,12H,3,11H2,1-2H3,(H,19,23)(H,20,21). The molecule has 27 heavy (non-hydrogen) atoms. The van der Waals surface area contributed by atoms with E-state index in [9.17, 15) is 4.79 Å². The average molecular weight is 405 g/mol. The van der Waals surface area contributed by atoms with Crippen molar-refractivity contribution in [2.24, 2.45) is 0 Å². The fraction of sp³-hybridized carbons (Fsp3) is 0.278. The highest BCUT2D eigenvalue weighted by molar-refractivity contribution is 8.01. The van der Waals surface area contributed by atoms with Crippen molar-refractivity contribution in [2.75, 3.05) is 17.7 Å². The average Bonchev–Trinajstić information content (AvgIpc) is 3.34. The number of ether oxygens (including phenoxy) is 1. The van der Waals surface area contributed by atoms with E-state index in [0.29, 0.717) is 16.1 Å². The Hall–Kier alpha value is -2.52. The van der Waals surface area contributed by atoms with E-state index in [0.717, 1.165) is 17.2 Å². The number of carbonyl (C=O) groups is 1. The minimum absolute atomic E-state index is 0.0877. The summed E-state index contributed by atoms with van der Waals surface area (Å²) in [5.41, 5.74) is 0.831. The molecule has 0 spiro atoms. The van der Waals surface area contributed by atoms with Gasteiger partial charge in [-0.15, -0.1) is 10.2 Å². The van der Waals surface area contributed by atoms with E-state index in [1.807, 2.05) is 44.2 Å². The molecule has 0 aliphatic rings. The molecule has 0 aliphatic heterocycles. The summed E-state index contributed by atoms with van der Waals surface area (Å²) in [5, 5.41) is 15.0. The highest BCUT2D eigenvalue weighted by Crippen LogP contribution is 2.31. The number of rotatable bonds is 9. The van der Waals surface area contributed by atoms with E-state index in [2.05, 4.69) is 20.8 Å². The van der Waals surface area contributed by atoms with E-state index in [1.54, 1.807) is 12.3 Å². The number of anilines is 2. The summed E-state index contributed by atoms with van der Waals surface area (Å²) < 4.78 is 11.6. The van der Waals surface area contributed by atoms with Gasteiger partial charge in [-0.3, -0.25) is 4.79 Å². The normalized spacial score (nSPS) is 11.8. The second-order valence-corrected chi connectivity index (χ2v) is 7.72. The second kappa shape index (κ2) is 9.43. The molecule has 7 nitrogen and oxygen atoms in total. The first kappa shape index (κ1) is 19.2. The smallest absolute Gasteiger partial charge is 0.231 e. The highest BCUT2D eigenvalue weighted by atomic mass is 32.2. The van der Waals surface area contributed by atoms with Gasteiger partial charge in [-0.25, -0.2) is 0 Å². The van der Waals surface area contributed by atoms with E-state index >= 15 is 0 Å². The number of nitrogens with zero attached hydrogens (tertiary/aromatic N) is 2. The molecule has 0 bridgehead atoms. The van der Waals surface area contributed by atoms with Crippen LogP contribution in [0.3, 0.4) is 0 Å². The van der Waals surface area contributed by atoms with Crippen molar-refractivity contribution in [3.8, 4) is 5.75 Å². The fourth-order valence-corrected chi connectivity index (χ4v) is 3.88. The molecule has 3 rings (SSSR count). The molecule has 0 saturated carbocycles. The summed E-state index contributed by atoms with van der Waals surface area (Å²) in [6.45, 7) is 4.40. The monoisotopic (exact) mass is 404 g/mol. The molecule has 0 saturated heterocycles. The molecular formula is C18H20N4O3S2. The number of benzene rings is 1. The maximum absolute atomic E-state index is 12.1. The highest BCUT2D eigenvalue weighted by Gasteiger charge is 2.14. The quantitative estimate of drug-likeness (QED) is 0.516. The van der Waals surface area contributed by atoms with Crippen LogP contribution >= 0.6 is 23.1 Å². The predicted molar refractivity (Wildman–Crippen MR) is 107 cm³/mol. The van der Waals surface area contributed by atoms with Crippen LogP contribution in [0.5, 0.6) is 5.75 Å². The molecule has 1 atom stereocenters. The van der Waals surface area contributed by atoms with Gasteiger partial charge in [-0.1, -0.05) is 35.2 Å². The van der Waals surface area contributed by atoms with Gasteiger partial charge < -0.3 is 19.8 Å². The largest absolute Gasteiger partial charge is 0.492 e. The molecule has 0 fully saturated rings. The molecule has 2 heterocycles. The van der Waals surface area contributed by atoms with E-state index < -0.39 is 0 Å². The molecule has 1 aromatic carbocycles. The van der Waals surface area contributed by atoms with Crippen LogP contribution in [0.1, 0.15) is 25.6 Å². The Balaban J connectivity index is 1.51. The number of hydrogen-bond acceptors (Lipinski definition) is 8. The zero-order valence-electron chi connectivity index (χ0n) is 15.0. The lowest BCUT2D eigenvalue weighted by atomic mass is 10.2. The zero-order chi connectivity index (χ0) is 19.1. The molecule has 142 valence electrons. The van der Waals surface area contributed by atoms with Crippen molar-refractivity contribution < 1.29 is 13.9 Å². The maximum atomic E-state index is 12.1. The van der Waals surface area contributed by atoms with Crippen molar-refractivity contribution in [2.45, 2.75) is 24.2 Å². The van der Waals surface area contributed by atoms with Gasteiger partial charge >= 0.3 is 0 Å². The maximum Gasteiger partial charge on any atom is 0.231 e. The van der Waals surface area contributed by atoms with Gasteiger partial charge in [-0.05, 0) is 38.1 Å². The number of hydrogen-bond donors (Lipinski definition) is 2. The van der Waals surface area contributed by atoms with Gasteiger partial charge in [0.25, 0.3) is 0 Å². The van der Waals surface area contributed by atoms with Crippen LogP contribution in [0.25, 0.3) is 0 Å². The van der Waals surface area contributed by atoms with Gasteiger partial charge in [0.1, 0.15) is 11.5 Å². The van der Waals surface area contributed by atoms with Crippen LogP contribution in [0.2, 0.25) is 0 Å². The molecular weight excluding hydrogens is 384 g/mol. The first-order chi connectivity index (χ1) is 13.2. The van der Waals surface area contributed by atoms with Gasteiger partial charge in [0.15, 0.2) is 4.34 Å². The number of amides is 1. The fourth-order valence-electron chi connectivity index (χ4n) is 2.30. The molecule has 0 aliphatic carbocycles. The first-order valence-corrected chi connectivity index (χ1v) is 10.2. The Morgan fingerprint density at radius 3 is 2.93 bits per heavy atom. The summed E-state index contributed by atoms with van der Waals surface area (Å²) in [7, 11) is 0. The van der Waals surface area contributed by atoms with Crippen LogP contribution in [0.4, 0.5) is 10.8 Å². The van der Waals surface area contributed by atoms with Crippen molar-refractivity contribution >= 4 is 39.8 Å². The van der Waals surface area contributed by atoms with Crippen molar-refractivity contribution in [1.82, 2.24) is 15.5 Å². The third-order valence-electron chi connectivity index (χ3n) is 3.51. The number of thioether (sulfide) groups is 1. The van der Waals surface area contributed by atoms with Crippen LogP contribution in [-0.2, 0) is 4.79 Å². The number of carbonyl (C=O) groups excluding carboxylic acids is 1. The van der Waals surface area contributed by atoms with Gasteiger partial charge in [0.05, 0.1) is 30.4 Å². The van der Waals surface area contributed by atoms with Gasteiger partial charge in [0.2, 0.25) is 11.0 Å².